The Hall–Kier alpha value is -3.62. The maximum Gasteiger partial charge on any atom is 0.353 e. The van der Waals surface area contributed by atoms with E-state index in [2.05, 4.69) is 25.6 Å². The number of para-hydroxylation sites is 1. The Balaban J connectivity index is 1.99. The summed E-state index contributed by atoms with van der Waals surface area (Å²) < 4.78 is 13.8. The Kier molecular flexibility index (Phi) is 4.23. The van der Waals surface area contributed by atoms with Gasteiger partial charge in [0.1, 0.15) is 18.0 Å². The lowest BCUT2D eigenvalue weighted by Crippen LogP contribution is -2.06. The van der Waals surface area contributed by atoms with Crippen LogP contribution in [0.15, 0.2) is 55.0 Å². The number of hydrogen-bond donors (Lipinski definition) is 2. The minimum Gasteiger partial charge on any atom is -0.332 e. The zero-order chi connectivity index (χ0) is 16.9. The maximum atomic E-state index is 13.8. The first-order chi connectivity index (χ1) is 11.6. The van der Waals surface area contributed by atoms with Crippen molar-refractivity contribution in [3.8, 4) is 0 Å². The highest BCUT2D eigenvalue weighted by molar-refractivity contribution is 5.76. The first-order valence-electron chi connectivity index (χ1n) is 6.84. The van der Waals surface area contributed by atoms with Gasteiger partial charge in [-0.05, 0) is 24.3 Å². The standard InChI is InChI=1S/C15H11FN6O2/c16-10-5-1-2-6-11(10)20-14-13(22(23)24)15(19-9-18-14)21-12-7-3-4-8-17-12/h1-9H,(H2,17,18,19,20,21). The number of nitrogens with zero attached hydrogens (tertiary/aromatic N) is 4. The summed E-state index contributed by atoms with van der Waals surface area (Å²) in [5.41, 5.74) is -0.338. The quantitative estimate of drug-likeness (QED) is 0.546. The van der Waals surface area contributed by atoms with Gasteiger partial charge in [0.25, 0.3) is 0 Å². The zero-order valence-corrected chi connectivity index (χ0v) is 12.2. The molecule has 0 saturated carbocycles. The van der Waals surface area contributed by atoms with E-state index in [1.165, 1.54) is 24.4 Å². The van der Waals surface area contributed by atoms with Crippen molar-refractivity contribution in [3.63, 3.8) is 0 Å². The van der Waals surface area contributed by atoms with Crippen molar-refractivity contribution >= 4 is 28.8 Å². The maximum absolute atomic E-state index is 13.8. The van der Waals surface area contributed by atoms with E-state index in [-0.39, 0.29) is 17.3 Å². The molecule has 2 aromatic heterocycles. The molecule has 0 spiro atoms. The summed E-state index contributed by atoms with van der Waals surface area (Å²) >= 11 is 0. The Morgan fingerprint density at radius 1 is 0.958 bits per heavy atom. The molecular formula is C15H11FN6O2. The fourth-order valence-electron chi connectivity index (χ4n) is 1.98. The molecule has 8 nitrogen and oxygen atoms in total. The fraction of sp³-hybridized carbons (Fsp3) is 0. The smallest absolute Gasteiger partial charge is 0.332 e. The zero-order valence-electron chi connectivity index (χ0n) is 12.2. The molecule has 0 unspecified atom stereocenters. The number of benzene rings is 1. The van der Waals surface area contributed by atoms with Crippen LogP contribution in [0.2, 0.25) is 0 Å². The lowest BCUT2D eigenvalue weighted by atomic mass is 10.3. The van der Waals surface area contributed by atoms with Gasteiger partial charge < -0.3 is 10.6 Å². The molecule has 0 aliphatic rings. The first kappa shape index (κ1) is 15.3. The number of nitrogens with one attached hydrogen (secondary N) is 2. The Bertz CT molecular complexity index is 875. The minimum absolute atomic E-state index is 0.0486. The molecule has 24 heavy (non-hydrogen) atoms. The number of rotatable bonds is 5. The van der Waals surface area contributed by atoms with E-state index in [9.17, 15) is 14.5 Å². The molecular weight excluding hydrogens is 315 g/mol. The summed E-state index contributed by atoms with van der Waals surface area (Å²) in [7, 11) is 0. The molecule has 9 heteroatoms. The van der Waals surface area contributed by atoms with Crippen LogP contribution >= 0.6 is 0 Å². The third-order valence-corrected chi connectivity index (χ3v) is 3.04. The number of hydrogen-bond acceptors (Lipinski definition) is 7. The van der Waals surface area contributed by atoms with Crippen LogP contribution in [0.5, 0.6) is 0 Å². The van der Waals surface area contributed by atoms with Crippen LogP contribution in [0.3, 0.4) is 0 Å². The Morgan fingerprint density at radius 3 is 2.33 bits per heavy atom. The van der Waals surface area contributed by atoms with Gasteiger partial charge >= 0.3 is 5.69 Å². The fourth-order valence-corrected chi connectivity index (χ4v) is 1.98. The van der Waals surface area contributed by atoms with Crippen molar-refractivity contribution < 1.29 is 9.31 Å². The van der Waals surface area contributed by atoms with E-state index < -0.39 is 16.4 Å². The van der Waals surface area contributed by atoms with Crippen molar-refractivity contribution in [1.82, 2.24) is 15.0 Å². The van der Waals surface area contributed by atoms with Gasteiger partial charge in [-0.1, -0.05) is 18.2 Å². The molecule has 3 rings (SSSR count). The Morgan fingerprint density at radius 2 is 1.67 bits per heavy atom. The van der Waals surface area contributed by atoms with Gasteiger partial charge in [-0.3, -0.25) is 10.1 Å². The summed E-state index contributed by atoms with van der Waals surface area (Å²) in [6.07, 6.45) is 2.68. The molecule has 120 valence electrons. The highest BCUT2D eigenvalue weighted by atomic mass is 19.1. The van der Waals surface area contributed by atoms with Crippen LogP contribution < -0.4 is 10.6 Å². The summed E-state index contributed by atoms with van der Waals surface area (Å²) in [5.74, 6) is -0.341. The van der Waals surface area contributed by atoms with Crippen molar-refractivity contribution in [2.24, 2.45) is 0 Å². The van der Waals surface area contributed by atoms with Crippen LogP contribution in [0.1, 0.15) is 0 Å². The summed E-state index contributed by atoms with van der Waals surface area (Å²) in [6.45, 7) is 0. The first-order valence-corrected chi connectivity index (χ1v) is 6.84. The Labute approximate surface area is 135 Å². The molecule has 0 atom stereocenters. The van der Waals surface area contributed by atoms with E-state index in [1.807, 2.05) is 0 Å². The van der Waals surface area contributed by atoms with Crippen molar-refractivity contribution in [3.05, 3.63) is 70.9 Å². The van der Waals surface area contributed by atoms with Gasteiger partial charge in [-0.25, -0.2) is 19.3 Å². The number of pyridine rings is 1. The number of aromatic nitrogens is 3. The molecule has 0 aliphatic heterocycles. The van der Waals surface area contributed by atoms with Crippen LogP contribution in [-0.2, 0) is 0 Å². The lowest BCUT2D eigenvalue weighted by molar-refractivity contribution is -0.383. The second-order valence-corrected chi connectivity index (χ2v) is 4.62. The molecule has 0 aliphatic carbocycles. The SMILES string of the molecule is O=[N+]([O-])c1c(Nc2ccccn2)ncnc1Nc1ccccc1F. The molecule has 0 fully saturated rings. The topological polar surface area (TPSA) is 106 Å². The largest absolute Gasteiger partial charge is 0.353 e. The summed E-state index contributed by atoms with van der Waals surface area (Å²) in [6, 6.07) is 10.9. The second kappa shape index (κ2) is 6.65. The molecule has 0 radical (unpaired) electrons. The third-order valence-electron chi connectivity index (χ3n) is 3.04. The van der Waals surface area contributed by atoms with E-state index >= 15 is 0 Å². The van der Waals surface area contributed by atoms with Crippen molar-refractivity contribution in [2.45, 2.75) is 0 Å². The molecule has 3 aromatic rings. The monoisotopic (exact) mass is 326 g/mol. The average molecular weight is 326 g/mol. The van der Waals surface area contributed by atoms with Gasteiger partial charge in [-0.2, -0.15) is 0 Å². The normalized spacial score (nSPS) is 10.2. The second-order valence-electron chi connectivity index (χ2n) is 4.62. The molecule has 1 aromatic carbocycles. The predicted molar refractivity (Wildman–Crippen MR) is 85.9 cm³/mol. The molecule has 2 heterocycles. The lowest BCUT2D eigenvalue weighted by Gasteiger charge is -2.10. The van der Waals surface area contributed by atoms with Crippen LogP contribution in [0, 0.1) is 15.9 Å². The highest BCUT2D eigenvalue weighted by Crippen LogP contribution is 2.32. The van der Waals surface area contributed by atoms with Crippen LogP contribution in [0.4, 0.5) is 33.2 Å². The van der Waals surface area contributed by atoms with Crippen molar-refractivity contribution in [1.29, 1.82) is 0 Å². The van der Waals surface area contributed by atoms with Crippen LogP contribution in [-0.4, -0.2) is 19.9 Å². The predicted octanol–water partition coefficient (Wildman–Crippen LogP) is 3.41. The van der Waals surface area contributed by atoms with E-state index in [4.69, 9.17) is 0 Å². The van der Waals surface area contributed by atoms with Crippen molar-refractivity contribution in [2.75, 3.05) is 10.6 Å². The van der Waals surface area contributed by atoms with Gasteiger partial charge in [0.05, 0.1) is 10.6 Å². The number of nitro groups is 1. The van der Waals surface area contributed by atoms with Gasteiger partial charge in [-0.15, -0.1) is 0 Å². The minimum atomic E-state index is -0.644. The highest BCUT2D eigenvalue weighted by Gasteiger charge is 2.24. The van der Waals surface area contributed by atoms with Gasteiger partial charge in [0.2, 0.25) is 11.6 Å². The summed E-state index contributed by atoms with van der Waals surface area (Å²) in [4.78, 5) is 22.6. The van der Waals surface area contributed by atoms with E-state index in [1.54, 1.807) is 24.3 Å². The van der Waals surface area contributed by atoms with E-state index in [0.29, 0.717) is 5.82 Å². The third kappa shape index (κ3) is 3.24. The van der Waals surface area contributed by atoms with Gasteiger partial charge in [0.15, 0.2) is 0 Å². The molecule has 0 saturated heterocycles. The number of halogens is 1. The molecule has 2 N–H and O–H groups in total. The van der Waals surface area contributed by atoms with Gasteiger partial charge in [0, 0.05) is 6.20 Å². The number of anilines is 4. The molecule has 0 amide bonds. The molecule has 0 bridgehead atoms. The average Bonchev–Trinajstić information content (AvgIpc) is 2.58. The summed E-state index contributed by atoms with van der Waals surface area (Å²) in [5, 5.41) is 16.8. The van der Waals surface area contributed by atoms with E-state index in [0.717, 1.165) is 6.33 Å². The van der Waals surface area contributed by atoms with Crippen LogP contribution in [0.25, 0.3) is 0 Å².